The number of benzene rings is 3. The molecule has 0 radical (unpaired) electrons. The molecule has 13 nitrogen and oxygen atoms in total. The summed E-state index contributed by atoms with van der Waals surface area (Å²) in [6.45, 7) is 2.04. The Morgan fingerprint density at radius 2 is 1.65 bits per heavy atom. The molecule has 2 heterocycles. The lowest BCUT2D eigenvalue weighted by Gasteiger charge is -2.37. The zero-order valence-electron chi connectivity index (χ0n) is 26.9. The van der Waals surface area contributed by atoms with Crippen LogP contribution in [0.3, 0.4) is 0 Å². The Balaban J connectivity index is 1.28. The summed E-state index contributed by atoms with van der Waals surface area (Å²) < 4.78 is 5.01. The van der Waals surface area contributed by atoms with Crippen molar-refractivity contribution in [3.63, 3.8) is 0 Å². The smallest absolute Gasteiger partial charge is 0.264 e. The van der Waals surface area contributed by atoms with E-state index in [0.29, 0.717) is 23.4 Å². The highest BCUT2D eigenvalue weighted by atomic mass is 16.6. The third-order valence-electron chi connectivity index (χ3n) is 8.87. The van der Waals surface area contributed by atoms with Gasteiger partial charge in [-0.05, 0) is 29.3 Å². The number of amides is 3. The number of carbonyl (C=O) groups excluding carboxylic acids is 3. The van der Waals surface area contributed by atoms with Gasteiger partial charge in [-0.3, -0.25) is 14.4 Å². The van der Waals surface area contributed by atoms with Crippen molar-refractivity contribution < 1.29 is 49.8 Å². The van der Waals surface area contributed by atoms with Crippen LogP contribution in [0.25, 0.3) is 0 Å². The second-order valence-electron chi connectivity index (χ2n) is 12.2. The molecule has 13 heteroatoms. The van der Waals surface area contributed by atoms with Crippen molar-refractivity contribution in [2.24, 2.45) is 5.92 Å². The molecule has 0 aliphatic carbocycles. The zero-order valence-corrected chi connectivity index (χ0v) is 26.9. The van der Waals surface area contributed by atoms with Gasteiger partial charge in [0.25, 0.3) is 11.8 Å². The van der Waals surface area contributed by atoms with Crippen LogP contribution in [0.4, 0.5) is 11.4 Å². The van der Waals surface area contributed by atoms with Crippen molar-refractivity contribution in [2.45, 2.75) is 62.7 Å². The summed E-state index contributed by atoms with van der Waals surface area (Å²) in [6, 6.07) is 22.8. The Bertz CT molecular complexity index is 1670. The molecule has 1 saturated heterocycles. The van der Waals surface area contributed by atoms with Gasteiger partial charge in [0, 0.05) is 36.7 Å². The standard InChI is InChI=1S/C36H41N3O10/c1-22(9-7-16-28(41)38(17-18-40)20-23-10-3-2-4-11-23)36(48)26-14-5-6-15-27(26)39(35(36)47)21-24-12-8-13-25(19-24)37-33(45)32-30(43)29(42)31(44)34(46)49-32/h2-15,19,22,29-32,34,40,42-44,46,48H,16-18,20-21H2,1H3,(H,37,45)/b9-7+/t22-,29+,30+,31-,32+,34-,36+/m1/s1. The molecule has 0 bridgehead atoms. The number of fused-ring (bicyclic) bond motifs is 1. The Morgan fingerprint density at radius 3 is 2.39 bits per heavy atom. The number of para-hydroxylation sites is 1. The first-order chi connectivity index (χ1) is 23.4. The average Bonchev–Trinajstić information content (AvgIpc) is 3.31. The summed E-state index contributed by atoms with van der Waals surface area (Å²) in [4.78, 5) is 42.8. The van der Waals surface area contributed by atoms with Crippen LogP contribution in [0.2, 0.25) is 0 Å². The van der Waals surface area contributed by atoms with Gasteiger partial charge < -0.3 is 50.5 Å². The number of hydrogen-bond donors (Lipinski definition) is 7. The SMILES string of the molecule is C[C@H](/C=C/CC(=O)N(CCO)Cc1ccccc1)[C@@]1(O)C(=O)N(Cc2cccc(NC(=O)[C@H]3O[C@@H](O)[C@H](O)[C@@H](O)[C@@H]3O)c2)c2ccccc21. The third kappa shape index (κ3) is 7.58. The van der Waals surface area contributed by atoms with Crippen LogP contribution in [0.5, 0.6) is 0 Å². The van der Waals surface area contributed by atoms with E-state index in [1.54, 1.807) is 72.5 Å². The number of nitrogens with zero attached hydrogens (tertiary/aromatic N) is 2. The Morgan fingerprint density at radius 1 is 0.959 bits per heavy atom. The highest BCUT2D eigenvalue weighted by Gasteiger charge is 2.52. The number of aliphatic hydroxyl groups excluding tert-OH is 5. The van der Waals surface area contributed by atoms with Crippen LogP contribution in [0, 0.1) is 5.92 Å². The van der Waals surface area contributed by atoms with Crippen molar-refractivity contribution in [1.29, 1.82) is 0 Å². The van der Waals surface area contributed by atoms with E-state index in [1.165, 1.54) is 4.90 Å². The number of aliphatic hydroxyl groups is 6. The van der Waals surface area contributed by atoms with Gasteiger partial charge >= 0.3 is 0 Å². The van der Waals surface area contributed by atoms with Crippen LogP contribution in [0.1, 0.15) is 30.0 Å². The quantitative estimate of drug-likeness (QED) is 0.135. The van der Waals surface area contributed by atoms with Crippen molar-refractivity contribution in [3.05, 3.63) is 108 Å². The fourth-order valence-corrected chi connectivity index (χ4v) is 6.14. The lowest BCUT2D eigenvalue weighted by atomic mass is 9.83. The molecule has 0 unspecified atom stereocenters. The molecule has 3 aromatic rings. The number of carbonyl (C=O) groups is 3. The maximum absolute atomic E-state index is 14.0. The fraction of sp³-hybridized carbons (Fsp3) is 0.361. The maximum atomic E-state index is 14.0. The van der Waals surface area contributed by atoms with Gasteiger partial charge in [0.2, 0.25) is 5.91 Å². The molecule has 3 amide bonds. The van der Waals surface area contributed by atoms with Crippen LogP contribution in [0.15, 0.2) is 91.0 Å². The number of rotatable bonds is 12. The molecule has 2 aliphatic heterocycles. The molecule has 0 saturated carbocycles. The molecule has 2 aliphatic rings. The van der Waals surface area contributed by atoms with Crippen LogP contribution >= 0.6 is 0 Å². The van der Waals surface area contributed by atoms with E-state index in [1.807, 2.05) is 30.3 Å². The summed E-state index contributed by atoms with van der Waals surface area (Å²) >= 11 is 0. The van der Waals surface area contributed by atoms with E-state index in [4.69, 9.17) is 4.74 Å². The molecule has 3 aromatic carbocycles. The molecule has 1 fully saturated rings. The average molecular weight is 676 g/mol. The van der Waals surface area contributed by atoms with E-state index < -0.39 is 54.0 Å². The van der Waals surface area contributed by atoms with Gasteiger partial charge in [-0.15, -0.1) is 0 Å². The minimum atomic E-state index is -1.93. The van der Waals surface area contributed by atoms with Gasteiger partial charge in [0.1, 0.15) is 18.3 Å². The minimum Gasteiger partial charge on any atom is -0.395 e. The Hall–Kier alpha value is -4.47. The van der Waals surface area contributed by atoms with Gasteiger partial charge in [0.15, 0.2) is 18.0 Å². The molecule has 7 atom stereocenters. The van der Waals surface area contributed by atoms with E-state index in [2.05, 4.69) is 5.32 Å². The van der Waals surface area contributed by atoms with E-state index in [0.717, 1.165) is 5.56 Å². The van der Waals surface area contributed by atoms with Gasteiger partial charge in [-0.1, -0.05) is 79.7 Å². The summed E-state index contributed by atoms with van der Waals surface area (Å²) in [7, 11) is 0. The van der Waals surface area contributed by atoms with Crippen molar-refractivity contribution >= 4 is 29.1 Å². The summed E-state index contributed by atoms with van der Waals surface area (Å²) in [5.74, 6) is -2.38. The first-order valence-corrected chi connectivity index (χ1v) is 16.0. The molecule has 5 rings (SSSR count). The molecule has 49 heavy (non-hydrogen) atoms. The molecule has 260 valence electrons. The van der Waals surface area contributed by atoms with Crippen molar-refractivity contribution in [2.75, 3.05) is 23.4 Å². The Kier molecular flexibility index (Phi) is 11.3. The van der Waals surface area contributed by atoms with Gasteiger partial charge in [-0.2, -0.15) is 0 Å². The second-order valence-corrected chi connectivity index (χ2v) is 12.2. The Labute approximate surface area is 283 Å². The normalized spacial score (nSPS) is 25.7. The molecular formula is C36H41N3O10. The number of ether oxygens (including phenoxy) is 1. The van der Waals surface area contributed by atoms with E-state index in [-0.39, 0.29) is 37.7 Å². The lowest BCUT2D eigenvalue weighted by Crippen LogP contribution is -2.60. The third-order valence-corrected chi connectivity index (χ3v) is 8.87. The summed E-state index contributed by atoms with van der Waals surface area (Å²) in [5.41, 5.74) is 0.751. The van der Waals surface area contributed by atoms with Crippen LogP contribution in [-0.2, 0) is 37.8 Å². The lowest BCUT2D eigenvalue weighted by molar-refractivity contribution is -0.274. The van der Waals surface area contributed by atoms with E-state index >= 15 is 0 Å². The van der Waals surface area contributed by atoms with E-state index in [9.17, 15) is 45.0 Å². The first kappa shape index (κ1) is 35.8. The highest BCUT2D eigenvalue weighted by molar-refractivity contribution is 6.07. The summed E-state index contributed by atoms with van der Waals surface area (Å²) in [5, 5.41) is 63.7. The predicted molar refractivity (Wildman–Crippen MR) is 177 cm³/mol. The minimum absolute atomic E-state index is 0.00669. The number of anilines is 2. The number of nitrogens with one attached hydrogen (secondary N) is 1. The molecular weight excluding hydrogens is 634 g/mol. The monoisotopic (exact) mass is 675 g/mol. The highest BCUT2D eigenvalue weighted by Crippen LogP contribution is 2.45. The topological polar surface area (TPSA) is 200 Å². The van der Waals surface area contributed by atoms with Gasteiger partial charge in [-0.25, -0.2) is 0 Å². The summed E-state index contributed by atoms with van der Waals surface area (Å²) in [6.07, 6.45) is -5.64. The maximum Gasteiger partial charge on any atom is 0.264 e. The first-order valence-electron chi connectivity index (χ1n) is 16.0. The predicted octanol–water partition coefficient (Wildman–Crippen LogP) is 0.763. The molecule has 0 aromatic heterocycles. The largest absolute Gasteiger partial charge is 0.395 e. The van der Waals surface area contributed by atoms with Gasteiger partial charge in [0.05, 0.1) is 18.8 Å². The fourth-order valence-electron chi connectivity index (χ4n) is 6.14. The zero-order chi connectivity index (χ0) is 35.3. The van der Waals surface area contributed by atoms with Crippen LogP contribution < -0.4 is 10.2 Å². The van der Waals surface area contributed by atoms with Crippen LogP contribution in [-0.4, -0.2) is 97.1 Å². The second kappa shape index (κ2) is 15.4. The van der Waals surface area contributed by atoms with Crippen molar-refractivity contribution in [3.8, 4) is 0 Å². The number of hydrogen-bond acceptors (Lipinski definition) is 10. The van der Waals surface area contributed by atoms with Crippen molar-refractivity contribution in [1.82, 2.24) is 4.90 Å². The molecule has 0 spiro atoms. The molecule has 7 N–H and O–H groups in total.